The molecule has 1 aliphatic heterocycles. The lowest BCUT2D eigenvalue weighted by molar-refractivity contribution is 0.0695. The second-order valence-corrected chi connectivity index (χ2v) is 8.22. The summed E-state index contributed by atoms with van der Waals surface area (Å²) in [4.78, 5) is 30.8. The number of carboxylic acids is 1. The minimum absolute atomic E-state index is 0.166. The van der Waals surface area contributed by atoms with Gasteiger partial charge in [-0.1, -0.05) is 0 Å². The number of nitrogens with two attached hydrogens (primary N) is 1. The maximum Gasteiger partial charge on any atom is 0.341 e. The number of pyridine rings is 1. The predicted molar refractivity (Wildman–Crippen MR) is 114 cm³/mol. The van der Waals surface area contributed by atoms with Gasteiger partial charge in [0.15, 0.2) is 5.75 Å². The lowest BCUT2D eigenvalue weighted by atomic mass is 10.00. The van der Waals surface area contributed by atoms with Gasteiger partial charge >= 0.3 is 5.97 Å². The van der Waals surface area contributed by atoms with Gasteiger partial charge in [0.25, 0.3) is 0 Å². The van der Waals surface area contributed by atoms with Crippen molar-refractivity contribution >= 4 is 22.6 Å². The Balaban J connectivity index is 1.57. The zero-order chi connectivity index (χ0) is 21.7. The molecule has 1 saturated heterocycles. The van der Waals surface area contributed by atoms with E-state index in [1.807, 2.05) is 10.6 Å². The molecule has 2 fully saturated rings. The minimum atomic E-state index is -1.22. The van der Waals surface area contributed by atoms with E-state index in [2.05, 4.69) is 9.88 Å². The van der Waals surface area contributed by atoms with Crippen LogP contribution >= 0.6 is 0 Å². The number of rotatable bonds is 6. The van der Waals surface area contributed by atoms with E-state index in [0.29, 0.717) is 29.1 Å². The first-order valence-corrected chi connectivity index (χ1v) is 10.4. The topological polar surface area (TPSA) is 124 Å². The quantitative estimate of drug-likeness (QED) is 0.619. The van der Waals surface area contributed by atoms with Crippen molar-refractivity contribution in [3.05, 3.63) is 52.5 Å². The van der Waals surface area contributed by atoms with Crippen molar-refractivity contribution in [2.45, 2.75) is 31.3 Å². The van der Waals surface area contributed by atoms with Gasteiger partial charge in [0.05, 0.1) is 35.9 Å². The molecule has 1 saturated carbocycles. The first-order chi connectivity index (χ1) is 15.0. The van der Waals surface area contributed by atoms with Crippen LogP contribution in [0.3, 0.4) is 0 Å². The molecule has 31 heavy (non-hydrogen) atoms. The van der Waals surface area contributed by atoms with Gasteiger partial charge in [-0.3, -0.25) is 4.79 Å². The number of anilines is 1. The van der Waals surface area contributed by atoms with Crippen LogP contribution in [-0.2, 0) is 0 Å². The summed E-state index contributed by atoms with van der Waals surface area (Å²) in [5.74, 6) is 0.0659. The average Bonchev–Trinajstić information content (AvgIpc) is 3.26. The van der Waals surface area contributed by atoms with E-state index in [1.165, 1.54) is 12.5 Å². The Hall–Kier alpha value is -3.33. The minimum Gasteiger partial charge on any atom is -0.492 e. The van der Waals surface area contributed by atoms with E-state index >= 15 is 0 Å². The van der Waals surface area contributed by atoms with Crippen LogP contribution in [0.4, 0.5) is 5.69 Å². The molecule has 0 spiro atoms. The fourth-order valence-corrected chi connectivity index (χ4v) is 4.55. The summed E-state index contributed by atoms with van der Waals surface area (Å²) >= 11 is 0. The normalized spacial score (nSPS) is 19.7. The number of ether oxygens (including phenoxy) is 1. The fourth-order valence-electron chi connectivity index (χ4n) is 4.55. The van der Waals surface area contributed by atoms with Gasteiger partial charge in [-0.15, -0.1) is 0 Å². The number of aromatic nitrogens is 2. The van der Waals surface area contributed by atoms with Crippen molar-refractivity contribution < 1.29 is 19.1 Å². The first kappa shape index (κ1) is 19.6. The molecule has 3 aromatic rings. The van der Waals surface area contributed by atoms with Gasteiger partial charge in [0.2, 0.25) is 11.3 Å². The van der Waals surface area contributed by atoms with Crippen LogP contribution in [0.25, 0.3) is 10.9 Å². The zero-order valence-corrected chi connectivity index (χ0v) is 17.2. The van der Waals surface area contributed by atoms with E-state index in [9.17, 15) is 14.7 Å². The van der Waals surface area contributed by atoms with E-state index in [4.69, 9.17) is 14.9 Å². The fraction of sp³-hybridized carbons (Fsp3) is 0.409. The van der Waals surface area contributed by atoms with Crippen LogP contribution in [0.2, 0.25) is 0 Å². The third-order valence-corrected chi connectivity index (χ3v) is 6.31. The summed E-state index contributed by atoms with van der Waals surface area (Å²) in [5, 5.41) is 9.85. The Morgan fingerprint density at radius 1 is 1.35 bits per heavy atom. The summed E-state index contributed by atoms with van der Waals surface area (Å²) in [6, 6.07) is 3.43. The third kappa shape index (κ3) is 3.25. The maximum absolute atomic E-state index is 12.8. The predicted octanol–water partition coefficient (Wildman–Crippen LogP) is 2.56. The highest BCUT2D eigenvalue weighted by molar-refractivity contribution is 5.97. The molecule has 9 nitrogen and oxygen atoms in total. The molecule has 3 heterocycles. The highest BCUT2D eigenvalue weighted by atomic mass is 16.5. The van der Waals surface area contributed by atoms with Gasteiger partial charge in [-0.25, -0.2) is 9.78 Å². The molecule has 2 aromatic heterocycles. The van der Waals surface area contributed by atoms with Crippen molar-refractivity contribution in [2.24, 2.45) is 11.7 Å². The number of fused-ring (bicyclic) bond motifs is 1. The van der Waals surface area contributed by atoms with Crippen LogP contribution < -0.4 is 20.8 Å². The SMILES string of the molecule is COc1c(N2CCC(C(N)c3ncco3)C2)ccc2c(=O)c(C(=O)O)cn(C3CC3)c12. The molecule has 2 atom stereocenters. The Morgan fingerprint density at radius 2 is 2.16 bits per heavy atom. The second-order valence-electron chi connectivity index (χ2n) is 8.22. The van der Waals surface area contributed by atoms with Crippen molar-refractivity contribution in [3.63, 3.8) is 0 Å². The van der Waals surface area contributed by atoms with E-state index in [0.717, 1.165) is 31.5 Å². The summed E-state index contributed by atoms with van der Waals surface area (Å²) in [6.07, 6.45) is 7.34. The van der Waals surface area contributed by atoms with Crippen LogP contribution in [0.5, 0.6) is 5.75 Å². The molecule has 0 amide bonds. The molecule has 2 unspecified atom stereocenters. The number of aromatic carboxylic acids is 1. The summed E-state index contributed by atoms with van der Waals surface area (Å²) < 4.78 is 13.1. The maximum atomic E-state index is 12.8. The number of carbonyl (C=O) groups is 1. The summed E-state index contributed by atoms with van der Waals surface area (Å²) in [6.45, 7) is 1.48. The molecule has 2 aliphatic rings. The molecule has 1 aliphatic carbocycles. The molecule has 9 heteroatoms. The highest BCUT2D eigenvalue weighted by Crippen LogP contribution is 2.43. The Morgan fingerprint density at radius 3 is 2.81 bits per heavy atom. The lowest BCUT2D eigenvalue weighted by Crippen LogP contribution is -2.27. The molecule has 3 N–H and O–H groups in total. The van der Waals surface area contributed by atoms with Gasteiger partial charge < -0.3 is 29.5 Å². The first-order valence-electron chi connectivity index (χ1n) is 10.4. The molecule has 162 valence electrons. The number of hydrogen-bond donors (Lipinski definition) is 2. The molecule has 0 radical (unpaired) electrons. The average molecular weight is 424 g/mol. The van der Waals surface area contributed by atoms with Crippen LogP contribution in [0, 0.1) is 5.92 Å². The van der Waals surface area contributed by atoms with Crippen LogP contribution in [0.15, 0.2) is 40.0 Å². The standard InChI is InChI=1S/C22H24N4O5/c1-30-20-16(25-8-6-12(10-25)17(23)21-24-7-9-31-21)5-4-14-18(20)26(13-2-3-13)11-15(19(14)27)22(28)29/h4-5,7,9,11-13,17H,2-3,6,8,10,23H2,1H3,(H,28,29). The molecule has 1 aromatic carbocycles. The Labute approximate surface area is 178 Å². The van der Waals surface area contributed by atoms with Crippen molar-refractivity contribution in [1.82, 2.24) is 9.55 Å². The van der Waals surface area contributed by atoms with Crippen LogP contribution in [0.1, 0.15) is 47.6 Å². The molecular formula is C22H24N4O5. The Kier molecular flexibility index (Phi) is 4.70. The number of hydrogen-bond acceptors (Lipinski definition) is 7. The van der Waals surface area contributed by atoms with Crippen molar-refractivity contribution in [2.75, 3.05) is 25.1 Å². The third-order valence-electron chi connectivity index (χ3n) is 6.31. The number of oxazole rings is 1. The number of methoxy groups -OCH3 is 1. The Bertz CT molecular complexity index is 1200. The smallest absolute Gasteiger partial charge is 0.341 e. The van der Waals surface area contributed by atoms with E-state index < -0.39 is 11.4 Å². The van der Waals surface area contributed by atoms with Crippen LogP contribution in [-0.4, -0.2) is 40.8 Å². The van der Waals surface area contributed by atoms with Crippen molar-refractivity contribution in [3.8, 4) is 5.75 Å². The van der Waals surface area contributed by atoms with E-state index in [-0.39, 0.29) is 23.6 Å². The monoisotopic (exact) mass is 424 g/mol. The number of carboxylic acid groups (broad SMARTS) is 1. The van der Waals surface area contributed by atoms with Gasteiger partial charge in [-0.2, -0.15) is 0 Å². The van der Waals surface area contributed by atoms with Crippen molar-refractivity contribution in [1.29, 1.82) is 0 Å². The molecular weight excluding hydrogens is 400 g/mol. The van der Waals surface area contributed by atoms with Gasteiger partial charge in [0.1, 0.15) is 11.8 Å². The molecule has 0 bridgehead atoms. The van der Waals surface area contributed by atoms with Gasteiger partial charge in [-0.05, 0) is 31.4 Å². The summed E-state index contributed by atoms with van der Waals surface area (Å²) in [5.41, 5.74) is 7.18. The second kappa shape index (κ2) is 7.42. The number of benzene rings is 1. The van der Waals surface area contributed by atoms with Gasteiger partial charge in [0, 0.05) is 31.2 Å². The lowest BCUT2D eigenvalue weighted by Gasteiger charge is -2.24. The number of nitrogens with zero attached hydrogens (tertiary/aromatic N) is 3. The molecule has 5 rings (SSSR count). The highest BCUT2D eigenvalue weighted by Gasteiger charge is 2.34. The van der Waals surface area contributed by atoms with E-state index in [1.54, 1.807) is 19.4 Å². The summed E-state index contributed by atoms with van der Waals surface area (Å²) in [7, 11) is 1.58. The zero-order valence-electron chi connectivity index (χ0n) is 17.2. The largest absolute Gasteiger partial charge is 0.492 e.